The maximum absolute atomic E-state index is 9.60. The van der Waals surface area contributed by atoms with Crippen molar-refractivity contribution in [3.05, 3.63) is 35.9 Å². The Balaban J connectivity index is 0.000000256. The fourth-order valence-corrected chi connectivity index (χ4v) is 3.04. The Kier molecular flexibility index (Phi) is 7.25. The summed E-state index contributed by atoms with van der Waals surface area (Å²) in [5.74, 6) is 1.67. The van der Waals surface area contributed by atoms with Crippen molar-refractivity contribution in [2.45, 2.75) is 57.6 Å². The number of nitrogens with one attached hydrogen (secondary N) is 2. The zero-order valence-electron chi connectivity index (χ0n) is 15.3. The zero-order chi connectivity index (χ0) is 17.4. The third-order valence-electron chi connectivity index (χ3n) is 4.55. The summed E-state index contributed by atoms with van der Waals surface area (Å²) in [5.41, 5.74) is 1.19. The van der Waals surface area contributed by atoms with Crippen LogP contribution in [0.4, 0.5) is 0 Å². The maximum atomic E-state index is 9.60. The van der Waals surface area contributed by atoms with E-state index >= 15 is 0 Å². The van der Waals surface area contributed by atoms with Gasteiger partial charge in [0.25, 0.3) is 6.47 Å². The molecule has 1 saturated carbocycles. The van der Waals surface area contributed by atoms with Crippen molar-refractivity contribution in [3.8, 4) is 0 Å². The average Bonchev–Trinajstić information content (AvgIpc) is 3.34. The van der Waals surface area contributed by atoms with Crippen molar-refractivity contribution in [2.75, 3.05) is 19.6 Å². The zero-order valence-corrected chi connectivity index (χ0v) is 15.3. The van der Waals surface area contributed by atoms with Gasteiger partial charge in [-0.3, -0.25) is 4.79 Å². The first kappa shape index (κ1) is 18.9. The van der Waals surface area contributed by atoms with Crippen molar-refractivity contribution in [1.82, 2.24) is 10.6 Å². The smallest absolute Gasteiger partial charge is 0.293 e. The van der Waals surface area contributed by atoms with Crippen molar-refractivity contribution in [1.29, 1.82) is 0 Å². The van der Waals surface area contributed by atoms with Crippen LogP contribution in [0.1, 0.15) is 51.5 Å². The molecule has 0 radical (unpaired) electrons. The first-order valence-corrected chi connectivity index (χ1v) is 9.10. The quantitative estimate of drug-likeness (QED) is 0.814. The molecule has 0 aromatic heterocycles. The van der Waals surface area contributed by atoms with Crippen LogP contribution in [0.3, 0.4) is 0 Å². The van der Waals surface area contributed by atoms with E-state index in [2.05, 4.69) is 45.7 Å². The van der Waals surface area contributed by atoms with Gasteiger partial charge in [-0.2, -0.15) is 0 Å². The fourth-order valence-electron chi connectivity index (χ4n) is 3.04. The van der Waals surface area contributed by atoms with Gasteiger partial charge in [-0.25, -0.2) is 0 Å². The van der Waals surface area contributed by atoms with E-state index in [1.807, 2.05) is 20.8 Å². The monoisotopic (exact) mass is 332 g/mol. The van der Waals surface area contributed by atoms with Gasteiger partial charge < -0.3 is 15.4 Å². The third kappa shape index (κ3) is 7.02. The lowest BCUT2D eigenvalue weighted by molar-refractivity contribution is -0.138. The van der Waals surface area contributed by atoms with Gasteiger partial charge in [-0.05, 0) is 71.1 Å². The molecule has 2 fully saturated rings. The molecule has 1 aliphatic carbocycles. The number of rotatable bonds is 5. The topological polar surface area (TPSA) is 50.4 Å². The molecule has 3 rings (SSSR count). The van der Waals surface area contributed by atoms with E-state index in [0.717, 1.165) is 17.9 Å². The highest BCUT2D eigenvalue weighted by molar-refractivity contribution is 5.37. The molecule has 0 bridgehead atoms. The lowest BCUT2D eigenvalue weighted by atomic mass is 9.98. The van der Waals surface area contributed by atoms with Crippen LogP contribution < -0.4 is 10.6 Å². The maximum Gasteiger partial charge on any atom is 0.293 e. The first-order chi connectivity index (χ1) is 11.5. The van der Waals surface area contributed by atoms with E-state index in [1.165, 1.54) is 44.5 Å². The van der Waals surface area contributed by atoms with Crippen LogP contribution in [-0.4, -0.2) is 37.7 Å². The number of benzene rings is 1. The molecule has 4 nitrogen and oxygen atoms in total. The second-order valence-electron chi connectivity index (χ2n) is 7.79. The molecule has 1 aromatic rings. The second kappa shape index (κ2) is 9.19. The van der Waals surface area contributed by atoms with Gasteiger partial charge in [0, 0.05) is 12.0 Å². The minimum atomic E-state index is -0.318. The normalized spacial score (nSPS) is 23.8. The summed E-state index contributed by atoms with van der Waals surface area (Å²) in [5, 5.41) is 7.17. The van der Waals surface area contributed by atoms with Crippen LogP contribution in [0.2, 0.25) is 0 Å². The molecule has 1 saturated heterocycles. The van der Waals surface area contributed by atoms with Gasteiger partial charge in [0.2, 0.25) is 0 Å². The van der Waals surface area contributed by atoms with Crippen molar-refractivity contribution < 1.29 is 9.53 Å². The summed E-state index contributed by atoms with van der Waals surface area (Å²) in [6.07, 6.45) is 4.01. The van der Waals surface area contributed by atoms with E-state index < -0.39 is 0 Å². The van der Waals surface area contributed by atoms with Gasteiger partial charge in [-0.15, -0.1) is 0 Å². The second-order valence-corrected chi connectivity index (χ2v) is 7.79. The molecule has 1 aromatic carbocycles. The van der Waals surface area contributed by atoms with Gasteiger partial charge >= 0.3 is 0 Å². The Labute approximate surface area is 146 Å². The largest absolute Gasteiger partial charge is 0.462 e. The molecule has 24 heavy (non-hydrogen) atoms. The Morgan fingerprint density at radius 3 is 2.42 bits per heavy atom. The summed E-state index contributed by atoms with van der Waals surface area (Å²) in [7, 11) is 0. The summed E-state index contributed by atoms with van der Waals surface area (Å²) in [6, 6.07) is 11.7. The van der Waals surface area contributed by atoms with Crippen LogP contribution in [0.15, 0.2) is 30.3 Å². The molecule has 0 amide bonds. The van der Waals surface area contributed by atoms with Crippen LogP contribution in [0, 0.1) is 5.92 Å². The Bertz CT molecular complexity index is 478. The lowest BCUT2D eigenvalue weighted by Crippen LogP contribution is -2.34. The molecule has 1 heterocycles. The molecule has 0 unspecified atom stereocenters. The van der Waals surface area contributed by atoms with Crippen LogP contribution in [-0.2, 0) is 9.53 Å². The minimum Gasteiger partial charge on any atom is -0.462 e. The summed E-state index contributed by atoms with van der Waals surface area (Å²) >= 11 is 0. The minimum absolute atomic E-state index is 0.318. The molecule has 2 atom stereocenters. The predicted molar refractivity (Wildman–Crippen MR) is 98.1 cm³/mol. The molecule has 1 aliphatic heterocycles. The number of ether oxygens (including phenoxy) is 1. The van der Waals surface area contributed by atoms with Crippen LogP contribution >= 0.6 is 0 Å². The van der Waals surface area contributed by atoms with Gasteiger partial charge in [0.15, 0.2) is 0 Å². The molecule has 2 N–H and O–H groups in total. The van der Waals surface area contributed by atoms with E-state index in [-0.39, 0.29) is 5.60 Å². The van der Waals surface area contributed by atoms with Crippen LogP contribution in [0.25, 0.3) is 0 Å². The van der Waals surface area contributed by atoms with Crippen molar-refractivity contribution >= 4 is 6.47 Å². The SMILES string of the molecule is CC(C)(C)OC=O.c1ccc([C@@H]2C[C@H]2NCC2CCNCC2)cc1. The molecule has 2 aliphatic rings. The van der Waals surface area contributed by atoms with Crippen LogP contribution in [0.5, 0.6) is 0 Å². The standard InChI is InChI=1S/C15H22N2.C5H10O2/c1-2-4-13(5-3-1)14-10-15(14)17-11-12-6-8-16-9-7-12;1-5(2,3)7-4-6/h1-5,12,14-17H,6-11H2;4H,1-3H3/t14-,15+;/m0./s1. The number of carbonyl (C=O) groups excluding carboxylic acids is 1. The summed E-state index contributed by atoms with van der Waals surface area (Å²) in [6.45, 7) is 9.55. The number of piperidine rings is 1. The Hall–Kier alpha value is -1.39. The van der Waals surface area contributed by atoms with E-state index in [1.54, 1.807) is 0 Å². The number of carbonyl (C=O) groups is 1. The van der Waals surface area contributed by atoms with Gasteiger partial charge in [0.1, 0.15) is 5.60 Å². The Morgan fingerprint density at radius 2 is 1.88 bits per heavy atom. The average molecular weight is 332 g/mol. The molecule has 4 heteroatoms. The Morgan fingerprint density at radius 1 is 1.21 bits per heavy atom. The third-order valence-corrected chi connectivity index (χ3v) is 4.55. The summed E-state index contributed by atoms with van der Waals surface area (Å²) in [4.78, 5) is 9.60. The van der Waals surface area contributed by atoms with Gasteiger partial charge in [-0.1, -0.05) is 30.3 Å². The highest BCUT2D eigenvalue weighted by Gasteiger charge is 2.37. The van der Waals surface area contributed by atoms with E-state index in [4.69, 9.17) is 0 Å². The highest BCUT2D eigenvalue weighted by atomic mass is 16.5. The first-order valence-electron chi connectivity index (χ1n) is 9.10. The van der Waals surface area contributed by atoms with E-state index in [9.17, 15) is 4.79 Å². The molecular weight excluding hydrogens is 300 g/mol. The van der Waals surface area contributed by atoms with Crippen molar-refractivity contribution in [2.24, 2.45) is 5.92 Å². The number of hydrogen-bond donors (Lipinski definition) is 2. The molecular formula is C20H32N2O2. The number of hydrogen-bond acceptors (Lipinski definition) is 4. The molecule has 134 valence electrons. The van der Waals surface area contributed by atoms with Crippen molar-refractivity contribution in [3.63, 3.8) is 0 Å². The predicted octanol–water partition coefficient (Wildman–Crippen LogP) is 3.09. The van der Waals surface area contributed by atoms with E-state index in [0.29, 0.717) is 6.47 Å². The fraction of sp³-hybridized carbons (Fsp3) is 0.650. The molecule has 0 spiro atoms. The lowest BCUT2D eigenvalue weighted by Gasteiger charge is -2.22. The van der Waals surface area contributed by atoms with Gasteiger partial charge in [0.05, 0.1) is 0 Å². The highest BCUT2D eigenvalue weighted by Crippen LogP contribution is 2.40. The summed E-state index contributed by atoms with van der Waals surface area (Å²) < 4.78 is 4.55.